The Bertz CT molecular complexity index is 1570. The van der Waals surface area contributed by atoms with Gasteiger partial charge in [0.2, 0.25) is 5.91 Å². The number of aryl methyl sites for hydroxylation is 4. The highest BCUT2D eigenvalue weighted by Gasteiger charge is 2.44. The fourth-order valence-corrected chi connectivity index (χ4v) is 5.08. The molecule has 4 aromatic rings. The molecule has 1 aliphatic rings. The van der Waals surface area contributed by atoms with Crippen LogP contribution in [0.2, 0.25) is 0 Å². The normalized spacial score (nSPS) is 14.0. The first-order valence-corrected chi connectivity index (χ1v) is 12.3. The van der Waals surface area contributed by atoms with Gasteiger partial charge in [-0.3, -0.25) is 19.3 Å². The van der Waals surface area contributed by atoms with Gasteiger partial charge in [0.25, 0.3) is 11.8 Å². The molecule has 3 amide bonds. The van der Waals surface area contributed by atoms with E-state index in [2.05, 4.69) is 29.5 Å². The second kappa shape index (κ2) is 8.96. The number of aromatic nitrogens is 3. The van der Waals surface area contributed by atoms with Crippen molar-refractivity contribution in [3.63, 3.8) is 0 Å². The third-order valence-electron chi connectivity index (χ3n) is 6.75. The van der Waals surface area contributed by atoms with Gasteiger partial charge in [-0.25, -0.2) is 4.98 Å². The van der Waals surface area contributed by atoms with E-state index in [0.29, 0.717) is 28.5 Å². The molecular formula is C29H29N5O3. The standard InChI is InChI=1S/C29H29N5O3/c1-15(2)26(33-28(36)20-9-7-8-10-21(20)29(33)37)27(35)31-24-14-19(6)32-34(24)23-13-17(4)22-12-16(3)11-18(5)25(22)30-23/h7-15,26H,1-6H3,(H,31,35). The maximum Gasteiger partial charge on any atom is 0.262 e. The summed E-state index contributed by atoms with van der Waals surface area (Å²) in [6.07, 6.45) is 0. The molecule has 37 heavy (non-hydrogen) atoms. The van der Waals surface area contributed by atoms with E-state index in [-0.39, 0.29) is 5.92 Å². The van der Waals surface area contributed by atoms with E-state index >= 15 is 0 Å². The van der Waals surface area contributed by atoms with Crippen molar-refractivity contribution in [1.82, 2.24) is 19.7 Å². The molecule has 0 radical (unpaired) electrons. The molecule has 2 aromatic carbocycles. The first-order valence-electron chi connectivity index (χ1n) is 12.3. The predicted octanol–water partition coefficient (Wildman–Crippen LogP) is 4.91. The largest absolute Gasteiger partial charge is 0.309 e. The number of nitrogens with zero attached hydrogens (tertiary/aromatic N) is 4. The Morgan fingerprint density at radius 1 is 0.892 bits per heavy atom. The summed E-state index contributed by atoms with van der Waals surface area (Å²) in [5, 5.41) is 8.58. The van der Waals surface area contributed by atoms with Gasteiger partial charge in [-0.1, -0.05) is 37.6 Å². The lowest BCUT2D eigenvalue weighted by Gasteiger charge is -2.28. The van der Waals surface area contributed by atoms with Crippen LogP contribution in [0, 0.1) is 33.6 Å². The lowest BCUT2D eigenvalue weighted by atomic mass is 10.0. The van der Waals surface area contributed by atoms with Crippen molar-refractivity contribution < 1.29 is 14.4 Å². The molecule has 1 aliphatic heterocycles. The SMILES string of the molecule is Cc1cc(C)c2nc(-n3nc(C)cc3NC(=O)C(C(C)C)N3C(=O)c4ccccc4C3=O)cc(C)c2c1. The molecule has 0 saturated heterocycles. The minimum absolute atomic E-state index is 0.313. The number of anilines is 1. The van der Waals surface area contributed by atoms with Crippen LogP contribution in [0.5, 0.6) is 0 Å². The molecule has 0 fully saturated rings. The molecule has 0 spiro atoms. The van der Waals surface area contributed by atoms with E-state index in [1.807, 2.05) is 40.7 Å². The fraction of sp³-hybridized carbons (Fsp3) is 0.276. The number of hydrogen-bond donors (Lipinski definition) is 1. The molecule has 8 heteroatoms. The van der Waals surface area contributed by atoms with E-state index in [1.165, 1.54) is 5.56 Å². The van der Waals surface area contributed by atoms with Crippen molar-refractivity contribution in [3.05, 3.63) is 82.0 Å². The number of pyridine rings is 1. The summed E-state index contributed by atoms with van der Waals surface area (Å²) < 4.78 is 1.60. The Morgan fingerprint density at radius 3 is 2.16 bits per heavy atom. The number of amides is 3. The van der Waals surface area contributed by atoms with Crippen LogP contribution in [0.25, 0.3) is 16.7 Å². The second-order valence-electron chi connectivity index (χ2n) is 10.1. The Kier molecular flexibility index (Phi) is 5.90. The molecule has 5 rings (SSSR count). The highest BCUT2D eigenvalue weighted by atomic mass is 16.2. The van der Waals surface area contributed by atoms with Gasteiger partial charge in [0.05, 0.1) is 22.3 Å². The van der Waals surface area contributed by atoms with Crippen molar-refractivity contribution in [2.45, 2.75) is 47.6 Å². The van der Waals surface area contributed by atoms with Crippen LogP contribution in [0.4, 0.5) is 5.82 Å². The van der Waals surface area contributed by atoms with Crippen LogP contribution in [0.3, 0.4) is 0 Å². The molecule has 1 unspecified atom stereocenters. The highest BCUT2D eigenvalue weighted by molar-refractivity contribution is 6.23. The van der Waals surface area contributed by atoms with E-state index in [9.17, 15) is 14.4 Å². The fourth-order valence-electron chi connectivity index (χ4n) is 5.08. The Balaban J connectivity index is 1.52. The Labute approximate surface area is 215 Å². The number of rotatable bonds is 5. The maximum atomic E-state index is 13.6. The summed E-state index contributed by atoms with van der Waals surface area (Å²) in [6.45, 7) is 11.6. The molecular weight excluding hydrogens is 466 g/mol. The summed E-state index contributed by atoms with van der Waals surface area (Å²) in [5.41, 5.74) is 5.46. The summed E-state index contributed by atoms with van der Waals surface area (Å²) in [4.78, 5) is 45.8. The molecule has 2 aromatic heterocycles. The molecule has 0 bridgehead atoms. The van der Waals surface area contributed by atoms with Crippen molar-refractivity contribution in [2.75, 3.05) is 5.32 Å². The van der Waals surface area contributed by atoms with E-state index in [4.69, 9.17) is 4.98 Å². The van der Waals surface area contributed by atoms with Crippen LogP contribution in [-0.2, 0) is 4.79 Å². The number of nitrogens with one attached hydrogen (secondary N) is 1. The summed E-state index contributed by atoms with van der Waals surface area (Å²) in [5.74, 6) is -0.710. The zero-order valence-electron chi connectivity index (χ0n) is 21.8. The third-order valence-corrected chi connectivity index (χ3v) is 6.75. The maximum absolute atomic E-state index is 13.6. The van der Waals surface area contributed by atoms with Gasteiger partial charge in [0.15, 0.2) is 5.82 Å². The summed E-state index contributed by atoms with van der Waals surface area (Å²) in [7, 11) is 0. The van der Waals surface area contributed by atoms with Crippen molar-refractivity contribution in [1.29, 1.82) is 0 Å². The van der Waals surface area contributed by atoms with Gasteiger partial charge in [-0.2, -0.15) is 9.78 Å². The van der Waals surface area contributed by atoms with Crippen molar-refractivity contribution in [2.24, 2.45) is 5.92 Å². The lowest BCUT2D eigenvalue weighted by molar-refractivity contribution is -0.121. The van der Waals surface area contributed by atoms with Crippen LogP contribution < -0.4 is 5.32 Å². The van der Waals surface area contributed by atoms with Gasteiger partial charge >= 0.3 is 0 Å². The summed E-state index contributed by atoms with van der Waals surface area (Å²) >= 11 is 0. The molecule has 188 valence electrons. The quantitative estimate of drug-likeness (QED) is 0.397. The number of carbonyl (C=O) groups is 3. The Morgan fingerprint density at radius 2 is 1.54 bits per heavy atom. The molecule has 1 atom stereocenters. The van der Waals surface area contributed by atoms with Crippen molar-refractivity contribution in [3.8, 4) is 5.82 Å². The molecule has 0 aliphatic carbocycles. The number of hydrogen-bond acceptors (Lipinski definition) is 5. The summed E-state index contributed by atoms with van der Waals surface area (Å²) in [6, 6.07) is 13.5. The monoisotopic (exact) mass is 495 g/mol. The zero-order valence-corrected chi connectivity index (χ0v) is 21.8. The number of carbonyl (C=O) groups excluding carboxylic acids is 3. The van der Waals surface area contributed by atoms with Gasteiger partial charge in [-0.05, 0) is 69.0 Å². The van der Waals surface area contributed by atoms with E-state index in [0.717, 1.165) is 26.9 Å². The highest BCUT2D eigenvalue weighted by Crippen LogP contribution is 2.29. The number of fused-ring (bicyclic) bond motifs is 2. The van der Waals surface area contributed by atoms with E-state index < -0.39 is 23.8 Å². The third kappa shape index (κ3) is 4.08. The first-order chi connectivity index (χ1) is 17.6. The van der Waals surface area contributed by atoms with Gasteiger partial charge in [-0.15, -0.1) is 0 Å². The number of benzene rings is 2. The smallest absolute Gasteiger partial charge is 0.262 e. The Hall–Kier alpha value is -4.33. The van der Waals surface area contributed by atoms with Gasteiger partial charge < -0.3 is 5.32 Å². The molecule has 0 saturated carbocycles. The topological polar surface area (TPSA) is 97.2 Å². The van der Waals surface area contributed by atoms with Crippen molar-refractivity contribution >= 4 is 34.4 Å². The van der Waals surface area contributed by atoms with Gasteiger partial charge in [0, 0.05) is 11.5 Å². The average Bonchev–Trinajstić information content (AvgIpc) is 3.32. The minimum atomic E-state index is -0.993. The minimum Gasteiger partial charge on any atom is -0.309 e. The van der Waals surface area contributed by atoms with Gasteiger partial charge in [0.1, 0.15) is 11.9 Å². The lowest BCUT2D eigenvalue weighted by Crippen LogP contribution is -2.50. The van der Waals surface area contributed by atoms with Crippen LogP contribution in [-0.4, -0.2) is 43.4 Å². The molecule has 3 heterocycles. The molecule has 8 nitrogen and oxygen atoms in total. The average molecular weight is 496 g/mol. The molecule has 1 N–H and O–H groups in total. The van der Waals surface area contributed by atoms with Crippen LogP contribution in [0.1, 0.15) is 56.9 Å². The number of imide groups is 1. The predicted molar refractivity (Wildman–Crippen MR) is 142 cm³/mol. The van der Waals surface area contributed by atoms with E-state index in [1.54, 1.807) is 35.0 Å². The zero-order chi connectivity index (χ0) is 26.6. The second-order valence-corrected chi connectivity index (χ2v) is 10.1. The van der Waals surface area contributed by atoms with Crippen LogP contribution >= 0.6 is 0 Å². The first kappa shape index (κ1) is 24.4. The van der Waals surface area contributed by atoms with Crippen LogP contribution in [0.15, 0.2) is 48.5 Å².